The van der Waals surface area contributed by atoms with Gasteiger partial charge in [-0.3, -0.25) is 9.78 Å². The van der Waals surface area contributed by atoms with E-state index in [1.807, 2.05) is 0 Å². The molecule has 3 aromatic rings. The number of aromatic hydroxyl groups is 1. The van der Waals surface area contributed by atoms with Crippen molar-refractivity contribution in [2.75, 3.05) is 4.90 Å². The number of anilines is 1. The van der Waals surface area contributed by atoms with Gasteiger partial charge in [-0.25, -0.2) is 9.69 Å². The van der Waals surface area contributed by atoms with E-state index in [2.05, 4.69) is 9.72 Å². The summed E-state index contributed by atoms with van der Waals surface area (Å²) in [6.07, 6.45) is -3.30. The van der Waals surface area contributed by atoms with Gasteiger partial charge in [-0.15, -0.1) is 13.2 Å². The van der Waals surface area contributed by atoms with E-state index in [1.165, 1.54) is 29.2 Å². The van der Waals surface area contributed by atoms with Crippen molar-refractivity contribution in [3.8, 4) is 11.5 Å². The molecule has 4 rings (SSSR count). The first-order chi connectivity index (χ1) is 15.0. The van der Waals surface area contributed by atoms with E-state index in [-0.39, 0.29) is 18.0 Å². The molecule has 0 radical (unpaired) electrons. The summed E-state index contributed by atoms with van der Waals surface area (Å²) in [6, 6.07) is 10.3. The summed E-state index contributed by atoms with van der Waals surface area (Å²) in [5.41, 5.74) is 0.190. The Labute approximate surface area is 180 Å². The van der Waals surface area contributed by atoms with Crippen molar-refractivity contribution >= 4 is 28.5 Å². The van der Waals surface area contributed by atoms with Gasteiger partial charge in [0.15, 0.2) is 0 Å². The third-order valence-electron chi connectivity index (χ3n) is 5.30. The van der Waals surface area contributed by atoms with Crippen molar-refractivity contribution in [3.63, 3.8) is 0 Å². The molecule has 1 aromatic heterocycles. The first-order valence-electron chi connectivity index (χ1n) is 9.56. The van der Waals surface area contributed by atoms with Gasteiger partial charge in [0, 0.05) is 24.2 Å². The maximum Gasteiger partial charge on any atom is 0.573 e. The number of urea groups is 1. The van der Waals surface area contributed by atoms with Gasteiger partial charge in [0.25, 0.3) is 5.91 Å². The number of amides is 3. The molecular formula is C22H18F3N3O4. The van der Waals surface area contributed by atoms with Gasteiger partial charge >= 0.3 is 12.4 Å². The molecule has 0 unspecified atom stereocenters. The van der Waals surface area contributed by atoms with Crippen molar-refractivity contribution in [2.45, 2.75) is 32.3 Å². The molecule has 1 aliphatic heterocycles. The molecular weight excluding hydrogens is 427 g/mol. The quantitative estimate of drug-likeness (QED) is 0.594. The monoisotopic (exact) mass is 445 g/mol. The van der Waals surface area contributed by atoms with Crippen LogP contribution in [0.1, 0.15) is 19.4 Å². The molecule has 0 bridgehead atoms. The molecule has 0 saturated carbocycles. The normalized spacial score (nSPS) is 16.2. The number of aromatic nitrogens is 1. The highest BCUT2D eigenvalue weighted by Crippen LogP contribution is 2.35. The Kier molecular flexibility index (Phi) is 4.95. The number of ether oxygens (including phenoxy) is 1. The highest BCUT2D eigenvalue weighted by molar-refractivity contribution is 6.23. The van der Waals surface area contributed by atoms with E-state index in [1.54, 1.807) is 32.2 Å². The van der Waals surface area contributed by atoms with Crippen LogP contribution in [0.5, 0.6) is 11.5 Å². The summed E-state index contributed by atoms with van der Waals surface area (Å²) < 4.78 is 41.0. The molecule has 3 amide bonds. The number of rotatable bonds is 4. The number of phenolic OH excluding ortho intramolecular Hbond substituents is 1. The number of halogens is 3. The average Bonchev–Trinajstić information content (AvgIpc) is 2.87. The van der Waals surface area contributed by atoms with Crippen LogP contribution in [-0.4, -0.2) is 38.8 Å². The fourth-order valence-corrected chi connectivity index (χ4v) is 3.63. The zero-order chi connectivity index (χ0) is 23.3. The Hall–Kier alpha value is -3.82. The van der Waals surface area contributed by atoms with E-state index >= 15 is 0 Å². The van der Waals surface area contributed by atoms with Crippen molar-refractivity contribution in [1.29, 1.82) is 0 Å². The maximum atomic E-state index is 13.2. The number of nitrogens with zero attached hydrogens (tertiary/aromatic N) is 3. The van der Waals surface area contributed by atoms with E-state index in [0.29, 0.717) is 10.9 Å². The highest BCUT2D eigenvalue weighted by Gasteiger charge is 2.51. The molecule has 2 heterocycles. The van der Waals surface area contributed by atoms with Gasteiger partial charge in [0.1, 0.15) is 17.0 Å². The molecule has 2 aromatic carbocycles. The minimum absolute atomic E-state index is 0.0547. The number of fused-ring (bicyclic) bond motifs is 1. The SMILES string of the molecule is CC1(C)C(=O)N(c2ccc(OC(F)(F)F)cc2)C(=O)N1Cc1ccnc2cc(O)ccc12. The van der Waals surface area contributed by atoms with Gasteiger partial charge in [0.2, 0.25) is 0 Å². The van der Waals surface area contributed by atoms with Gasteiger partial charge in [0.05, 0.1) is 11.2 Å². The van der Waals surface area contributed by atoms with Gasteiger partial charge in [-0.2, -0.15) is 0 Å². The number of imide groups is 1. The fraction of sp³-hybridized carbons (Fsp3) is 0.227. The summed E-state index contributed by atoms with van der Waals surface area (Å²) in [6.45, 7) is 3.29. The number of hydrogen-bond donors (Lipinski definition) is 1. The number of hydrogen-bond acceptors (Lipinski definition) is 5. The van der Waals surface area contributed by atoms with Crippen LogP contribution >= 0.6 is 0 Å². The molecule has 7 nitrogen and oxygen atoms in total. The Bertz CT molecular complexity index is 1210. The molecule has 0 atom stereocenters. The van der Waals surface area contributed by atoms with Gasteiger partial charge in [-0.05, 0) is 61.9 Å². The minimum Gasteiger partial charge on any atom is -0.508 e. The largest absolute Gasteiger partial charge is 0.573 e. The van der Waals surface area contributed by atoms with Crippen LogP contribution in [0.4, 0.5) is 23.7 Å². The molecule has 10 heteroatoms. The Morgan fingerprint density at radius 3 is 2.41 bits per heavy atom. The molecule has 1 fully saturated rings. The smallest absolute Gasteiger partial charge is 0.508 e. The van der Waals surface area contributed by atoms with Crippen LogP contribution in [-0.2, 0) is 11.3 Å². The molecule has 32 heavy (non-hydrogen) atoms. The van der Waals surface area contributed by atoms with Crippen molar-refractivity contribution in [3.05, 3.63) is 60.3 Å². The number of phenols is 1. The van der Waals surface area contributed by atoms with Crippen molar-refractivity contribution in [1.82, 2.24) is 9.88 Å². The third-order valence-corrected chi connectivity index (χ3v) is 5.30. The first-order valence-corrected chi connectivity index (χ1v) is 9.56. The lowest BCUT2D eigenvalue weighted by Gasteiger charge is -2.28. The average molecular weight is 445 g/mol. The van der Waals surface area contributed by atoms with Crippen LogP contribution in [0.3, 0.4) is 0 Å². The molecule has 1 aliphatic rings. The van der Waals surface area contributed by atoms with Crippen molar-refractivity contribution in [2.24, 2.45) is 0 Å². The van der Waals surface area contributed by atoms with Gasteiger partial charge in [-0.1, -0.05) is 0 Å². The molecule has 1 saturated heterocycles. The van der Waals surface area contributed by atoms with Crippen LogP contribution in [0.2, 0.25) is 0 Å². The van der Waals surface area contributed by atoms with Crippen LogP contribution in [0, 0.1) is 0 Å². The number of carbonyl (C=O) groups excluding carboxylic acids is 2. The highest BCUT2D eigenvalue weighted by atomic mass is 19.4. The topological polar surface area (TPSA) is 83.0 Å². The van der Waals surface area contributed by atoms with E-state index in [9.17, 15) is 27.9 Å². The van der Waals surface area contributed by atoms with E-state index in [4.69, 9.17) is 0 Å². The molecule has 0 spiro atoms. The lowest BCUT2D eigenvalue weighted by Crippen LogP contribution is -2.43. The summed E-state index contributed by atoms with van der Waals surface area (Å²) in [7, 11) is 0. The third kappa shape index (κ3) is 3.79. The summed E-state index contributed by atoms with van der Waals surface area (Å²) in [4.78, 5) is 32.8. The predicted octanol–water partition coefficient (Wildman–Crippen LogP) is 4.59. The minimum atomic E-state index is -4.84. The molecule has 1 N–H and O–H groups in total. The lowest BCUT2D eigenvalue weighted by molar-refractivity contribution is -0.274. The summed E-state index contributed by atoms with van der Waals surface area (Å²) in [5, 5.41) is 10.4. The summed E-state index contributed by atoms with van der Waals surface area (Å²) >= 11 is 0. The fourth-order valence-electron chi connectivity index (χ4n) is 3.63. The Balaban J connectivity index is 1.65. The second-order valence-corrected chi connectivity index (χ2v) is 7.78. The zero-order valence-corrected chi connectivity index (χ0v) is 17.1. The first kappa shape index (κ1) is 21.4. The Morgan fingerprint density at radius 1 is 1.06 bits per heavy atom. The van der Waals surface area contributed by atoms with Crippen molar-refractivity contribution < 1.29 is 32.6 Å². The maximum absolute atomic E-state index is 13.2. The van der Waals surface area contributed by atoms with Gasteiger partial charge < -0.3 is 14.7 Å². The predicted molar refractivity (Wildman–Crippen MR) is 109 cm³/mol. The lowest BCUT2D eigenvalue weighted by atomic mass is 10.0. The number of pyridine rings is 1. The number of alkyl halides is 3. The molecule has 0 aliphatic carbocycles. The molecule has 166 valence electrons. The van der Waals surface area contributed by atoms with E-state index < -0.39 is 29.6 Å². The van der Waals surface area contributed by atoms with Crippen LogP contribution in [0.25, 0.3) is 10.9 Å². The van der Waals surface area contributed by atoms with Crippen LogP contribution < -0.4 is 9.64 Å². The second-order valence-electron chi connectivity index (χ2n) is 7.78. The summed E-state index contributed by atoms with van der Waals surface area (Å²) in [5.74, 6) is -0.912. The number of carbonyl (C=O) groups is 2. The second kappa shape index (κ2) is 7.40. The standard InChI is InChI=1S/C22H18F3N3O4/c1-21(2)19(30)28(14-3-6-16(7-4-14)32-22(23,24)25)20(31)27(21)12-13-9-10-26-18-11-15(29)5-8-17(13)18/h3-11,29H,12H2,1-2H3. The van der Waals surface area contributed by atoms with E-state index in [0.717, 1.165) is 22.6 Å². The van der Waals surface area contributed by atoms with Crippen LogP contribution in [0.15, 0.2) is 54.7 Å². The Morgan fingerprint density at radius 2 is 1.75 bits per heavy atom. The zero-order valence-electron chi connectivity index (χ0n) is 17.1. The number of benzene rings is 2.